The maximum atomic E-state index is 10.7. The topological polar surface area (TPSA) is 75.8 Å². The molecule has 0 aromatic heterocycles. The molecule has 0 spiro atoms. The van der Waals surface area contributed by atoms with Gasteiger partial charge in [-0.3, -0.25) is 0 Å². The number of hydrogen-bond acceptors (Lipinski definition) is 3. The van der Waals surface area contributed by atoms with Gasteiger partial charge in [0.15, 0.2) is 0 Å². The summed E-state index contributed by atoms with van der Waals surface area (Å²) >= 11 is 0. The molecule has 0 aliphatic carbocycles. The molecule has 5 heteroatoms. The van der Waals surface area contributed by atoms with Crippen LogP contribution in [0.4, 0.5) is 4.79 Å². The highest BCUT2D eigenvalue weighted by molar-refractivity contribution is 5.65. The number of methoxy groups -OCH3 is 1. The highest BCUT2D eigenvalue weighted by Gasteiger charge is 2.27. The number of rotatable bonds is 2. The van der Waals surface area contributed by atoms with Crippen molar-refractivity contribution in [2.75, 3.05) is 26.8 Å². The molecular formula is C8H16N2O3. The van der Waals surface area contributed by atoms with Crippen LogP contribution in [0.5, 0.6) is 0 Å². The molecule has 1 fully saturated rings. The lowest BCUT2D eigenvalue weighted by Crippen LogP contribution is -2.49. The maximum Gasteiger partial charge on any atom is 0.407 e. The molecule has 13 heavy (non-hydrogen) atoms. The number of carboxylic acid groups (broad SMARTS) is 1. The minimum atomic E-state index is -0.892. The second kappa shape index (κ2) is 4.43. The van der Waals surface area contributed by atoms with Crippen LogP contribution >= 0.6 is 0 Å². The van der Waals surface area contributed by atoms with E-state index in [0.717, 1.165) is 6.42 Å². The van der Waals surface area contributed by atoms with Gasteiger partial charge in [-0.05, 0) is 6.42 Å². The van der Waals surface area contributed by atoms with Gasteiger partial charge in [-0.15, -0.1) is 0 Å². The molecule has 0 radical (unpaired) electrons. The second-order valence-corrected chi connectivity index (χ2v) is 3.50. The standard InChI is InChI=1S/C8H16N2O3/c1-13-5-6-2-7(9)4-10(3-6)8(11)12/h6-7H,2-5,9H2,1H3,(H,11,12). The molecule has 2 atom stereocenters. The molecule has 2 unspecified atom stereocenters. The SMILES string of the molecule is COCC1CC(N)CN(C(=O)O)C1. The minimum absolute atomic E-state index is 0.0509. The Hall–Kier alpha value is -0.810. The lowest BCUT2D eigenvalue weighted by molar-refractivity contribution is 0.0756. The van der Waals surface area contributed by atoms with Gasteiger partial charge in [0.1, 0.15) is 0 Å². The van der Waals surface area contributed by atoms with E-state index in [1.165, 1.54) is 4.90 Å². The Morgan fingerprint density at radius 1 is 1.69 bits per heavy atom. The highest BCUT2D eigenvalue weighted by atomic mass is 16.5. The van der Waals surface area contributed by atoms with E-state index in [2.05, 4.69) is 0 Å². The highest BCUT2D eigenvalue weighted by Crippen LogP contribution is 2.15. The van der Waals surface area contributed by atoms with Crippen molar-refractivity contribution in [1.29, 1.82) is 0 Å². The zero-order chi connectivity index (χ0) is 9.84. The molecule has 1 saturated heterocycles. The maximum absolute atomic E-state index is 10.7. The van der Waals surface area contributed by atoms with Gasteiger partial charge < -0.3 is 20.5 Å². The Labute approximate surface area is 77.5 Å². The number of likely N-dealkylation sites (tertiary alicyclic amines) is 1. The Kier molecular flexibility index (Phi) is 3.50. The van der Waals surface area contributed by atoms with Crippen LogP contribution in [-0.2, 0) is 4.74 Å². The number of piperidine rings is 1. The Balaban J connectivity index is 2.47. The Bertz CT molecular complexity index is 186. The number of carbonyl (C=O) groups is 1. The van der Waals surface area contributed by atoms with Gasteiger partial charge in [0, 0.05) is 32.2 Å². The molecule has 0 aromatic rings. The third kappa shape index (κ3) is 2.86. The summed E-state index contributed by atoms with van der Waals surface area (Å²) in [7, 11) is 1.62. The average Bonchev–Trinajstić information content (AvgIpc) is 2.03. The number of nitrogens with zero attached hydrogens (tertiary/aromatic N) is 1. The molecule has 0 saturated carbocycles. The van der Waals surface area contributed by atoms with Crippen LogP contribution in [0.1, 0.15) is 6.42 Å². The molecule has 1 aliphatic rings. The summed E-state index contributed by atoms with van der Waals surface area (Å²) in [5, 5.41) is 8.77. The third-order valence-corrected chi connectivity index (χ3v) is 2.24. The van der Waals surface area contributed by atoms with Crippen molar-refractivity contribution in [2.45, 2.75) is 12.5 Å². The predicted molar refractivity (Wildman–Crippen MR) is 47.6 cm³/mol. The first-order valence-corrected chi connectivity index (χ1v) is 4.36. The third-order valence-electron chi connectivity index (χ3n) is 2.24. The molecule has 76 valence electrons. The zero-order valence-corrected chi connectivity index (χ0v) is 7.77. The van der Waals surface area contributed by atoms with E-state index >= 15 is 0 Å². The number of hydrogen-bond donors (Lipinski definition) is 2. The van der Waals surface area contributed by atoms with Crippen LogP contribution in [0, 0.1) is 5.92 Å². The van der Waals surface area contributed by atoms with Crippen LogP contribution in [0.25, 0.3) is 0 Å². The predicted octanol–water partition coefficient (Wildman–Crippen LogP) is -0.0400. The Morgan fingerprint density at radius 3 is 2.92 bits per heavy atom. The molecule has 3 N–H and O–H groups in total. The van der Waals surface area contributed by atoms with Gasteiger partial charge in [0.25, 0.3) is 0 Å². The van der Waals surface area contributed by atoms with E-state index in [1.807, 2.05) is 0 Å². The van der Waals surface area contributed by atoms with Crippen molar-refractivity contribution in [3.8, 4) is 0 Å². The molecule has 1 amide bonds. The van der Waals surface area contributed by atoms with Gasteiger partial charge in [-0.1, -0.05) is 0 Å². The van der Waals surface area contributed by atoms with Crippen LogP contribution in [-0.4, -0.2) is 48.9 Å². The first-order valence-electron chi connectivity index (χ1n) is 4.36. The molecule has 1 heterocycles. The van der Waals surface area contributed by atoms with Crippen LogP contribution in [0.3, 0.4) is 0 Å². The summed E-state index contributed by atoms with van der Waals surface area (Å²) in [4.78, 5) is 12.0. The van der Waals surface area contributed by atoms with Crippen molar-refractivity contribution in [2.24, 2.45) is 11.7 Å². The van der Waals surface area contributed by atoms with Crippen molar-refractivity contribution in [1.82, 2.24) is 4.90 Å². The minimum Gasteiger partial charge on any atom is -0.465 e. The van der Waals surface area contributed by atoms with Gasteiger partial charge in [-0.2, -0.15) is 0 Å². The summed E-state index contributed by atoms with van der Waals surface area (Å²) in [5.74, 6) is 0.241. The summed E-state index contributed by atoms with van der Waals surface area (Å²) < 4.78 is 4.98. The molecule has 0 bridgehead atoms. The van der Waals surface area contributed by atoms with Crippen LogP contribution in [0.2, 0.25) is 0 Å². The summed E-state index contributed by atoms with van der Waals surface area (Å²) in [6, 6.07) is -0.0509. The largest absolute Gasteiger partial charge is 0.465 e. The molecule has 1 aliphatic heterocycles. The quantitative estimate of drug-likeness (QED) is 0.637. The summed E-state index contributed by atoms with van der Waals surface area (Å²) in [6.45, 7) is 1.56. The molecule has 0 aromatic carbocycles. The average molecular weight is 188 g/mol. The van der Waals surface area contributed by atoms with E-state index in [0.29, 0.717) is 19.7 Å². The zero-order valence-electron chi connectivity index (χ0n) is 7.77. The summed E-state index contributed by atoms with van der Waals surface area (Å²) in [6.07, 6.45) is -0.0475. The summed E-state index contributed by atoms with van der Waals surface area (Å²) in [5.41, 5.74) is 5.72. The van der Waals surface area contributed by atoms with Gasteiger partial charge in [0.05, 0.1) is 6.61 Å². The van der Waals surface area contributed by atoms with Crippen LogP contribution in [0.15, 0.2) is 0 Å². The smallest absolute Gasteiger partial charge is 0.407 e. The fourth-order valence-electron chi connectivity index (χ4n) is 1.76. The van der Waals surface area contributed by atoms with E-state index in [9.17, 15) is 4.79 Å². The van der Waals surface area contributed by atoms with Gasteiger partial charge in [-0.25, -0.2) is 4.79 Å². The van der Waals surface area contributed by atoms with E-state index in [4.69, 9.17) is 15.6 Å². The van der Waals surface area contributed by atoms with E-state index in [-0.39, 0.29) is 12.0 Å². The molecule has 1 rings (SSSR count). The number of ether oxygens (including phenoxy) is 1. The first kappa shape index (κ1) is 10.3. The van der Waals surface area contributed by atoms with Crippen molar-refractivity contribution in [3.63, 3.8) is 0 Å². The van der Waals surface area contributed by atoms with Gasteiger partial charge in [0.2, 0.25) is 0 Å². The fourth-order valence-corrected chi connectivity index (χ4v) is 1.76. The van der Waals surface area contributed by atoms with Crippen molar-refractivity contribution >= 4 is 6.09 Å². The van der Waals surface area contributed by atoms with Crippen LogP contribution < -0.4 is 5.73 Å². The lowest BCUT2D eigenvalue weighted by Gasteiger charge is -2.34. The number of amides is 1. The lowest BCUT2D eigenvalue weighted by atomic mass is 9.96. The Morgan fingerprint density at radius 2 is 2.38 bits per heavy atom. The monoisotopic (exact) mass is 188 g/mol. The van der Waals surface area contributed by atoms with Crippen molar-refractivity contribution in [3.05, 3.63) is 0 Å². The molecular weight excluding hydrogens is 172 g/mol. The number of nitrogens with two attached hydrogens (primary N) is 1. The fraction of sp³-hybridized carbons (Fsp3) is 0.875. The van der Waals surface area contributed by atoms with E-state index < -0.39 is 6.09 Å². The normalized spacial score (nSPS) is 28.9. The second-order valence-electron chi connectivity index (χ2n) is 3.50. The van der Waals surface area contributed by atoms with Gasteiger partial charge >= 0.3 is 6.09 Å². The van der Waals surface area contributed by atoms with E-state index in [1.54, 1.807) is 7.11 Å². The first-order chi connectivity index (χ1) is 6.13. The van der Waals surface area contributed by atoms with Crippen molar-refractivity contribution < 1.29 is 14.6 Å². The molecule has 5 nitrogen and oxygen atoms in total.